The molecular weight excluding hydrogens is 295 g/mol. The summed E-state index contributed by atoms with van der Waals surface area (Å²) in [6, 6.07) is 3.52. The lowest BCUT2D eigenvalue weighted by atomic mass is 10.3. The summed E-state index contributed by atoms with van der Waals surface area (Å²) in [4.78, 5) is 14.3. The topological polar surface area (TPSA) is 46.3 Å². The molecular formula is C11H10Cl2N2O2S. The van der Waals surface area contributed by atoms with Gasteiger partial charge in [-0.05, 0) is 11.4 Å². The predicted octanol–water partition coefficient (Wildman–Crippen LogP) is 3.16. The molecule has 0 aliphatic rings. The van der Waals surface area contributed by atoms with E-state index in [4.69, 9.17) is 27.7 Å². The number of rotatable bonds is 5. The number of alkyl halides is 1. The van der Waals surface area contributed by atoms with Crippen LogP contribution in [0.4, 0.5) is 0 Å². The van der Waals surface area contributed by atoms with E-state index in [1.54, 1.807) is 17.0 Å². The van der Waals surface area contributed by atoms with Crippen molar-refractivity contribution in [2.75, 3.05) is 5.88 Å². The molecule has 0 spiro atoms. The maximum atomic E-state index is 11.8. The maximum absolute atomic E-state index is 11.8. The fraction of sp³-hybridized carbons (Fsp3) is 0.273. The second kappa shape index (κ2) is 6.22. The molecule has 0 atom stereocenters. The Bertz CT molecular complexity index is 513. The summed E-state index contributed by atoms with van der Waals surface area (Å²) in [5.41, 5.74) is 0.682. The Balaban J connectivity index is 2.10. The number of nitrogens with zero attached hydrogens (tertiary/aromatic N) is 2. The van der Waals surface area contributed by atoms with Gasteiger partial charge in [0, 0.05) is 10.9 Å². The molecule has 0 saturated heterocycles. The van der Waals surface area contributed by atoms with Gasteiger partial charge in [0.05, 0.1) is 18.1 Å². The summed E-state index contributed by atoms with van der Waals surface area (Å²) in [6.07, 6.45) is 1.47. The van der Waals surface area contributed by atoms with Crippen molar-refractivity contribution in [1.82, 2.24) is 10.1 Å². The van der Waals surface area contributed by atoms with E-state index in [2.05, 4.69) is 5.16 Å². The van der Waals surface area contributed by atoms with Crippen LogP contribution in [0.15, 0.2) is 28.3 Å². The fourth-order valence-corrected chi connectivity index (χ4v) is 2.72. The van der Waals surface area contributed by atoms with Crippen LogP contribution in [0.3, 0.4) is 0 Å². The first-order valence-corrected chi connectivity index (χ1v) is 6.94. The van der Waals surface area contributed by atoms with E-state index < -0.39 is 0 Å². The van der Waals surface area contributed by atoms with Crippen LogP contribution in [0.1, 0.15) is 10.6 Å². The Morgan fingerprint density at radius 2 is 2.28 bits per heavy atom. The van der Waals surface area contributed by atoms with Crippen LogP contribution in [0.5, 0.6) is 0 Å². The zero-order chi connectivity index (χ0) is 13.0. The number of amides is 1. The van der Waals surface area contributed by atoms with E-state index in [0.717, 1.165) is 4.88 Å². The molecule has 0 N–H and O–H groups in total. The summed E-state index contributed by atoms with van der Waals surface area (Å²) >= 11 is 13.1. The molecule has 2 aromatic rings. The molecule has 0 unspecified atom stereocenters. The van der Waals surface area contributed by atoms with Crippen LogP contribution in [-0.2, 0) is 17.9 Å². The first-order chi connectivity index (χ1) is 8.70. The van der Waals surface area contributed by atoms with Crippen LogP contribution in [0.25, 0.3) is 0 Å². The van der Waals surface area contributed by atoms with Crippen molar-refractivity contribution in [3.63, 3.8) is 0 Å². The monoisotopic (exact) mass is 304 g/mol. The molecule has 0 aliphatic heterocycles. The lowest BCUT2D eigenvalue weighted by molar-refractivity contribution is -0.129. The van der Waals surface area contributed by atoms with Gasteiger partial charge in [-0.15, -0.1) is 22.9 Å². The third kappa shape index (κ3) is 3.25. The van der Waals surface area contributed by atoms with Gasteiger partial charge in [0.2, 0.25) is 5.91 Å². The second-order valence-corrected chi connectivity index (χ2v) is 5.24. The predicted molar refractivity (Wildman–Crippen MR) is 70.8 cm³/mol. The van der Waals surface area contributed by atoms with Crippen LogP contribution < -0.4 is 0 Å². The average Bonchev–Trinajstić information content (AvgIpc) is 3.00. The quantitative estimate of drug-likeness (QED) is 0.797. The number of thiophene rings is 1. The van der Waals surface area contributed by atoms with Crippen LogP contribution in [0.2, 0.25) is 5.02 Å². The highest BCUT2D eigenvalue weighted by Crippen LogP contribution is 2.24. The third-order valence-corrected chi connectivity index (χ3v) is 3.94. The molecule has 2 rings (SSSR count). The molecule has 0 aromatic carbocycles. The van der Waals surface area contributed by atoms with Crippen molar-refractivity contribution in [3.05, 3.63) is 39.4 Å². The number of carbonyl (C=O) groups is 1. The summed E-state index contributed by atoms with van der Waals surface area (Å²) in [5.74, 6) is -0.231. The van der Waals surface area contributed by atoms with Gasteiger partial charge >= 0.3 is 0 Å². The minimum Gasteiger partial charge on any atom is -0.364 e. The smallest absolute Gasteiger partial charge is 0.238 e. The van der Waals surface area contributed by atoms with Gasteiger partial charge in [0.1, 0.15) is 17.8 Å². The molecule has 18 heavy (non-hydrogen) atoms. The number of aromatic nitrogens is 1. The zero-order valence-electron chi connectivity index (χ0n) is 9.31. The van der Waals surface area contributed by atoms with Crippen LogP contribution >= 0.6 is 34.5 Å². The molecule has 7 heteroatoms. The Kier molecular flexibility index (Phi) is 4.63. The van der Waals surface area contributed by atoms with Crippen molar-refractivity contribution in [3.8, 4) is 0 Å². The summed E-state index contributed by atoms with van der Waals surface area (Å²) < 4.78 is 4.74. The number of hydrogen-bond donors (Lipinski definition) is 0. The van der Waals surface area contributed by atoms with Gasteiger partial charge in [0.15, 0.2) is 0 Å². The zero-order valence-corrected chi connectivity index (χ0v) is 11.6. The second-order valence-electron chi connectivity index (χ2n) is 3.57. The Labute approximate surface area is 118 Å². The summed E-state index contributed by atoms with van der Waals surface area (Å²) in [7, 11) is 0. The van der Waals surface area contributed by atoms with Crippen LogP contribution in [0, 0.1) is 0 Å². The summed E-state index contributed by atoms with van der Waals surface area (Å²) in [6.45, 7) is 0.783. The van der Waals surface area contributed by atoms with Crippen molar-refractivity contribution < 1.29 is 9.32 Å². The highest BCUT2D eigenvalue weighted by molar-refractivity contribution is 7.10. The lowest BCUT2D eigenvalue weighted by Crippen LogP contribution is -2.30. The van der Waals surface area contributed by atoms with E-state index in [-0.39, 0.29) is 11.8 Å². The Morgan fingerprint density at radius 3 is 2.83 bits per heavy atom. The number of hydrogen-bond acceptors (Lipinski definition) is 4. The summed E-state index contributed by atoms with van der Waals surface area (Å²) in [5, 5.41) is 6.33. The van der Waals surface area contributed by atoms with Gasteiger partial charge in [-0.2, -0.15) is 0 Å². The molecule has 1 amide bonds. The van der Waals surface area contributed by atoms with Gasteiger partial charge < -0.3 is 9.42 Å². The molecule has 0 saturated carbocycles. The SMILES string of the molecule is O=C(CCl)N(Cc1ccon1)Cc1sccc1Cl. The van der Waals surface area contributed by atoms with E-state index >= 15 is 0 Å². The van der Waals surface area contributed by atoms with E-state index in [1.807, 2.05) is 5.38 Å². The molecule has 0 aliphatic carbocycles. The molecule has 0 fully saturated rings. The molecule has 0 bridgehead atoms. The van der Waals surface area contributed by atoms with Gasteiger partial charge in [-0.3, -0.25) is 4.79 Å². The number of halogens is 2. The van der Waals surface area contributed by atoms with Gasteiger partial charge in [-0.1, -0.05) is 16.8 Å². The normalized spacial score (nSPS) is 10.6. The van der Waals surface area contributed by atoms with Gasteiger partial charge in [-0.25, -0.2) is 0 Å². The maximum Gasteiger partial charge on any atom is 0.238 e. The van der Waals surface area contributed by atoms with Crippen LogP contribution in [-0.4, -0.2) is 21.8 Å². The van der Waals surface area contributed by atoms with Crippen molar-refractivity contribution in [2.45, 2.75) is 13.1 Å². The molecule has 96 valence electrons. The minimum absolute atomic E-state index is 0.0686. The Morgan fingerprint density at radius 1 is 1.44 bits per heavy atom. The fourth-order valence-electron chi connectivity index (χ4n) is 1.44. The van der Waals surface area contributed by atoms with Crippen molar-refractivity contribution in [2.24, 2.45) is 0 Å². The highest BCUT2D eigenvalue weighted by atomic mass is 35.5. The highest BCUT2D eigenvalue weighted by Gasteiger charge is 2.16. The average molecular weight is 305 g/mol. The van der Waals surface area contributed by atoms with Crippen molar-refractivity contribution >= 4 is 40.4 Å². The first-order valence-electron chi connectivity index (χ1n) is 5.15. The van der Waals surface area contributed by atoms with E-state index in [9.17, 15) is 4.79 Å². The standard InChI is InChI=1S/C11H10Cl2N2O2S/c12-5-11(16)15(6-8-1-3-17-14-8)7-10-9(13)2-4-18-10/h1-4H,5-7H2. The minimum atomic E-state index is -0.163. The third-order valence-electron chi connectivity index (χ3n) is 2.34. The molecule has 2 heterocycles. The lowest BCUT2D eigenvalue weighted by Gasteiger charge is -2.20. The molecule has 0 radical (unpaired) electrons. The molecule has 2 aromatic heterocycles. The Hall–Kier alpha value is -1.04. The first kappa shape index (κ1) is 13.4. The van der Waals surface area contributed by atoms with E-state index in [1.165, 1.54) is 17.6 Å². The number of carbonyl (C=O) groups excluding carboxylic acids is 1. The van der Waals surface area contributed by atoms with Gasteiger partial charge in [0.25, 0.3) is 0 Å². The molecule has 4 nitrogen and oxygen atoms in total. The van der Waals surface area contributed by atoms with E-state index in [0.29, 0.717) is 23.8 Å². The van der Waals surface area contributed by atoms with Crippen molar-refractivity contribution in [1.29, 1.82) is 0 Å². The largest absolute Gasteiger partial charge is 0.364 e.